The molecule has 0 saturated heterocycles. The van der Waals surface area contributed by atoms with Crippen LogP contribution in [0.4, 0.5) is 4.39 Å². The lowest BCUT2D eigenvalue weighted by Gasteiger charge is -2.07. The summed E-state index contributed by atoms with van der Waals surface area (Å²) in [4.78, 5) is 12.2. The minimum Gasteiger partial charge on any atom is -0.423 e. The van der Waals surface area contributed by atoms with Gasteiger partial charge in [0.2, 0.25) is 0 Å². The van der Waals surface area contributed by atoms with Crippen molar-refractivity contribution in [2.24, 2.45) is 0 Å². The second kappa shape index (κ2) is 8.33. The first-order valence-electron chi connectivity index (χ1n) is 8.68. The summed E-state index contributed by atoms with van der Waals surface area (Å²) in [6.07, 6.45) is 6.88. The van der Waals surface area contributed by atoms with E-state index in [1.54, 1.807) is 31.2 Å². The fraction of sp³-hybridized carbons (Fsp3) is 0.125. The van der Waals surface area contributed by atoms with E-state index < -0.39 is 11.8 Å². The summed E-state index contributed by atoms with van der Waals surface area (Å²) in [5, 5.41) is 0. The highest BCUT2D eigenvalue weighted by atomic mass is 19.1. The highest BCUT2D eigenvalue weighted by Gasteiger charge is 2.10. The van der Waals surface area contributed by atoms with Crippen molar-refractivity contribution in [3.8, 4) is 29.2 Å². The van der Waals surface area contributed by atoms with E-state index in [4.69, 9.17) is 11.2 Å². The van der Waals surface area contributed by atoms with Crippen LogP contribution in [0.2, 0.25) is 0 Å². The van der Waals surface area contributed by atoms with Gasteiger partial charge in [-0.05, 0) is 53.8 Å². The molecular weight excluding hydrogens is 339 g/mol. The molecule has 3 aromatic carbocycles. The third kappa shape index (κ3) is 4.62. The average Bonchev–Trinajstić information content (AvgIpc) is 2.70. The number of carbonyl (C=O) groups is 1. The molecule has 0 amide bonds. The van der Waals surface area contributed by atoms with Crippen molar-refractivity contribution in [1.29, 1.82) is 0 Å². The van der Waals surface area contributed by atoms with Crippen molar-refractivity contribution in [2.45, 2.75) is 19.8 Å². The van der Waals surface area contributed by atoms with Gasteiger partial charge in [0.05, 0.1) is 5.56 Å². The first kappa shape index (κ1) is 18.4. The van der Waals surface area contributed by atoms with Crippen molar-refractivity contribution in [3.05, 3.63) is 89.2 Å². The van der Waals surface area contributed by atoms with Gasteiger partial charge in [-0.3, -0.25) is 0 Å². The Labute approximate surface area is 158 Å². The van der Waals surface area contributed by atoms with E-state index in [0.29, 0.717) is 11.1 Å². The molecule has 0 aromatic heterocycles. The topological polar surface area (TPSA) is 26.3 Å². The Morgan fingerprint density at radius 3 is 2.22 bits per heavy atom. The molecule has 0 aliphatic rings. The van der Waals surface area contributed by atoms with Gasteiger partial charge in [0.25, 0.3) is 0 Å². The second-order valence-corrected chi connectivity index (χ2v) is 6.28. The van der Waals surface area contributed by atoms with Crippen LogP contribution < -0.4 is 4.74 Å². The minimum absolute atomic E-state index is 0.190. The van der Waals surface area contributed by atoms with Gasteiger partial charge in [-0.1, -0.05) is 42.5 Å². The Morgan fingerprint density at radius 1 is 1.00 bits per heavy atom. The molecule has 27 heavy (non-hydrogen) atoms. The number of ether oxygens (including phenoxy) is 1. The van der Waals surface area contributed by atoms with Gasteiger partial charge < -0.3 is 4.74 Å². The molecule has 2 nitrogen and oxygen atoms in total. The number of hydrogen-bond acceptors (Lipinski definition) is 2. The lowest BCUT2D eigenvalue weighted by molar-refractivity contribution is 0.0734. The van der Waals surface area contributed by atoms with Gasteiger partial charge in [-0.15, -0.1) is 12.3 Å². The minimum atomic E-state index is -0.519. The van der Waals surface area contributed by atoms with E-state index in [2.05, 4.69) is 18.1 Å². The summed E-state index contributed by atoms with van der Waals surface area (Å²) in [6, 6.07) is 19.7. The van der Waals surface area contributed by atoms with Gasteiger partial charge in [0, 0.05) is 12.5 Å². The van der Waals surface area contributed by atoms with E-state index in [9.17, 15) is 9.18 Å². The van der Waals surface area contributed by atoms with Crippen molar-refractivity contribution in [1.82, 2.24) is 0 Å². The quantitative estimate of drug-likeness (QED) is 0.338. The number of carbonyl (C=O) groups excluding carboxylic acids is 1. The Hall–Kier alpha value is -3.38. The third-order valence-corrected chi connectivity index (χ3v) is 4.32. The number of esters is 1. The predicted octanol–water partition coefficient (Wildman–Crippen LogP) is 5.59. The van der Waals surface area contributed by atoms with Gasteiger partial charge in [0.1, 0.15) is 11.6 Å². The molecule has 0 aliphatic carbocycles. The SMILES string of the molecule is C#CCCc1ccc(-c2ccc(C(=O)Oc3ccc(C)c(F)c3)cc2)cc1. The first-order chi connectivity index (χ1) is 13.1. The summed E-state index contributed by atoms with van der Waals surface area (Å²) in [5.74, 6) is 1.91. The zero-order valence-electron chi connectivity index (χ0n) is 15.0. The molecule has 0 saturated carbocycles. The van der Waals surface area contributed by atoms with Crippen LogP contribution in [-0.4, -0.2) is 5.97 Å². The van der Waals surface area contributed by atoms with Crippen LogP contribution in [0.25, 0.3) is 11.1 Å². The Balaban J connectivity index is 1.70. The van der Waals surface area contributed by atoms with Gasteiger partial charge >= 0.3 is 5.97 Å². The number of terminal acetylenes is 1. The standard InChI is InChI=1S/C24H19FO2/c1-3-4-5-18-7-9-19(10-8-18)20-11-13-21(14-12-20)24(26)27-22-15-6-17(2)23(25)16-22/h1,6-16H,4-5H2,2H3. The summed E-state index contributed by atoms with van der Waals surface area (Å²) < 4.78 is 18.8. The number of hydrogen-bond donors (Lipinski definition) is 0. The van der Waals surface area contributed by atoms with Gasteiger partial charge in [-0.2, -0.15) is 0 Å². The monoisotopic (exact) mass is 358 g/mol. The van der Waals surface area contributed by atoms with Crippen LogP contribution in [0.1, 0.15) is 27.9 Å². The number of rotatable bonds is 5. The lowest BCUT2D eigenvalue weighted by atomic mass is 10.0. The molecule has 0 N–H and O–H groups in total. The largest absolute Gasteiger partial charge is 0.423 e. The maximum atomic E-state index is 13.6. The average molecular weight is 358 g/mol. The van der Waals surface area contributed by atoms with Crippen LogP contribution in [0, 0.1) is 25.1 Å². The molecule has 0 heterocycles. The molecule has 0 radical (unpaired) electrons. The molecule has 3 heteroatoms. The van der Waals surface area contributed by atoms with Crippen molar-refractivity contribution < 1.29 is 13.9 Å². The summed E-state index contributed by atoms with van der Waals surface area (Å²) in [6.45, 7) is 1.65. The molecular formula is C24H19FO2. The fourth-order valence-electron chi connectivity index (χ4n) is 2.68. The van der Waals surface area contributed by atoms with Gasteiger partial charge in [-0.25, -0.2) is 9.18 Å². The van der Waals surface area contributed by atoms with Crippen LogP contribution >= 0.6 is 0 Å². The van der Waals surface area contributed by atoms with E-state index in [-0.39, 0.29) is 5.75 Å². The highest BCUT2D eigenvalue weighted by Crippen LogP contribution is 2.22. The zero-order valence-corrected chi connectivity index (χ0v) is 15.0. The fourth-order valence-corrected chi connectivity index (χ4v) is 2.68. The molecule has 0 unspecified atom stereocenters. The maximum absolute atomic E-state index is 13.6. The maximum Gasteiger partial charge on any atom is 0.343 e. The summed E-state index contributed by atoms with van der Waals surface area (Å²) in [5.41, 5.74) is 4.16. The van der Waals surface area contributed by atoms with E-state index >= 15 is 0 Å². The van der Waals surface area contributed by atoms with Crippen molar-refractivity contribution in [2.75, 3.05) is 0 Å². The zero-order chi connectivity index (χ0) is 19.2. The predicted molar refractivity (Wildman–Crippen MR) is 105 cm³/mol. The first-order valence-corrected chi connectivity index (χ1v) is 8.68. The van der Waals surface area contributed by atoms with Crippen LogP contribution in [0.3, 0.4) is 0 Å². The third-order valence-electron chi connectivity index (χ3n) is 4.32. The van der Waals surface area contributed by atoms with Crippen LogP contribution in [-0.2, 0) is 6.42 Å². The number of aryl methyl sites for hydroxylation is 2. The number of halogens is 1. The highest BCUT2D eigenvalue weighted by molar-refractivity contribution is 5.91. The molecule has 3 aromatic rings. The molecule has 0 atom stereocenters. The normalized spacial score (nSPS) is 10.3. The van der Waals surface area contributed by atoms with Crippen molar-refractivity contribution in [3.63, 3.8) is 0 Å². The van der Waals surface area contributed by atoms with Gasteiger partial charge in [0.15, 0.2) is 0 Å². The Bertz CT molecular complexity index is 980. The Morgan fingerprint density at radius 2 is 1.63 bits per heavy atom. The molecule has 134 valence electrons. The van der Waals surface area contributed by atoms with Crippen LogP contribution in [0.15, 0.2) is 66.7 Å². The molecule has 0 bridgehead atoms. The van der Waals surface area contributed by atoms with Crippen LogP contribution in [0.5, 0.6) is 5.75 Å². The summed E-state index contributed by atoms with van der Waals surface area (Å²) in [7, 11) is 0. The molecule has 3 rings (SSSR count). The second-order valence-electron chi connectivity index (χ2n) is 6.28. The lowest BCUT2D eigenvalue weighted by Crippen LogP contribution is -2.08. The smallest absolute Gasteiger partial charge is 0.343 e. The molecule has 0 fully saturated rings. The van der Waals surface area contributed by atoms with E-state index in [1.807, 2.05) is 24.3 Å². The Kier molecular flexibility index (Phi) is 5.68. The van der Waals surface area contributed by atoms with E-state index in [1.165, 1.54) is 11.6 Å². The van der Waals surface area contributed by atoms with Crippen molar-refractivity contribution >= 4 is 5.97 Å². The van der Waals surface area contributed by atoms with E-state index in [0.717, 1.165) is 24.0 Å². The molecule has 0 spiro atoms. The molecule has 0 aliphatic heterocycles. The number of benzene rings is 3. The summed E-state index contributed by atoms with van der Waals surface area (Å²) >= 11 is 0.